The van der Waals surface area contributed by atoms with Gasteiger partial charge in [0.15, 0.2) is 0 Å². The fourth-order valence-electron chi connectivity index (χ4n) is 2.01. The minimum absolute atomic E-state index is 0.00615. The standard InChI is InChI=1S/C12H17N3O2/c1-8-5-11(14-17-8)7-15(2)12(16)9-3-4-10(13)6-9/h3-5,9-10H,6-7,13H2,1-2H3. The molecule has 0 saturated carbocycles. The van der Waals surface area contributed by atoms with E-state index in [-0.39, 0.29) is 17.9 Å². The highest BCUT2D eigenvalue weighted by atomic mass is 16.5. The summed E-state index contributed by atoms with van der Waals surface area (Å²) in [7, 11) is 1.77. The molecule has 92 valence electrons. The molecular formula is C12H17N3O2. The summed E-state index contributed by atoms with van der Waals surface area (Å²) in [5.41, 5.74) is 6.50. The van der Waals surface area contributed by atoms with E-state index in [9.17, 15) is 4.79 Å². The van der Waals surface area contributed by atoms with Gasteiger partial charge >= 0.3 is 0 Å². The van der Waals surface area contributed by atoms with Crippen molar-refractivity contribution in [1.29, 1.82) is 0 Å². The maximum Gasteiger partial charge on any atom is 0.229 e. The molecule has 2 atom stereocenters. The molecule has 0 spiro atoms. The maximum atomic E-state index is 12.1. The zero-order valence-corrected chi connectivity index (χ0v) is 10.1. The fourth-order valence-corrected chi connectivity index (χ4v) is 2.01. The van der Waals surface area contributed by atoms with E-state index in [1.807, 2.05) is 25.1 Å². The minimum Gasteiger partial charge on any atom is -0.361 e. The Morgan fingerprint density at radius 1 is 1.65 bits per heavy atom. The smallest absolute Gasteiger partial charge is 0.229 e. The molecule has 2 N–H and O–H groups in total. The van der Waals surface area contributed by atoms with Gasteiger partial charge in [0.1, 0.15) is 11.5 Å². The Labute approximate surface area is 100 Å². The SMILES string of the molecule is Cc1cc(CN(C)C(=O)C2C=CC(N)C2)no1. The van der Waals surface area contributed by atoms with Crippen LogP contribution in [0.25, 0.3) is 0 Å². The summed E-state index contributed by atoms with van der Waals surface area (Å²) in [6.07, 6.45) is 4.47. The highest BCUT2D eigenvalue weighted by Crippen LogP contribution is 2.19. The fraction of sp³-hybridized carbons (Fsp3) is 0.500. The molecule has 0 aromatic carbocycles. The number of hydrogen-bond acceptors (Lipinski definition) is 4. The van der Waals surface area contributed by atoms with E-state index in [2.05, 4.69) is 5.16 Å². The predicted octanol–water partition coefficient (Wildman–Crippen LogP) is 0.845. The van der Waals surface area contributed by atoms with Gasteiger partial charge in [-0.05, 0) is 13.3 Å². The van der Waals surface area contributed by atoms with Crippen LogP contribution in [0.3, 0.4) is 0 Å². The zero-order valence-electron chi connectivity index (χ0n) is 10.1. The quantitative estimate of drug-likeness (QED) is 0.788. The topological polar surface area (TPSA) is 72.4 Å². The molecule has 2 unspecified atom stereocenters. The van der Waals surface area contributed by atoms with E-state index in [1.165, 1.54) is 0 Å². The van der Waals surface area contributed by atoms with Crippen molar-refractivity contribution in [3.63, 3.8) is 0 Å². The van der Waals surface area contributed by atoms with Crippen LogP contribution in [0.5, 0.6) is 0 Å². The van der Waals surface area contributed by atoms with Crippen molar-refractivity contribution in [2.24, 2.45) is 11.7 Å². The van der Waals surface area contributed by atoms with Gasteiger partial charge in [0.05, 0.1) is 12.5 Å². The van der Waals surface area contributed by atoms with E-state index in [4.69, 9.17) is 10.3 Å². The van der Waals surface area contributed by atoms with Gasteiger partial charge in [-0.3, -0.25) is 4.79 Å². The van der Waals surface area contributed by atoms with Gasteiger partial charge in [0, 0.05) is 19.2 Å². The van der Waals surface area contributed by atoms with Crippen molar-refractivity contribution in [1.82, 2.24) is 10.1 Å². The van der Waals surface area contributed by atoms with Crippen LogP contribution in [0, 0.1) is 12.8 Å². The van der Waals surface area contributed by atoms with Crippen LogP contribution in [-0.4, -0.2) is 29.1 Å². The molecule has 1 aliphatic carbocycles. The Morgan fingerprint density at radius 2 is 2.41 bits per heavy atom. The molecule has 0 aliphatic heterocycles. The second-order valence-corrected chi connectivity index (χ2v) is 4.51. The number of nitrogens with two attached hydrogens (primary N) is 1. The van der Waals surface area contributed by atoms with Gasteiger partial charge in [-0.15, -0.1) is 0 Å². The number of amides is 1. The van der Waals surface area contributed by atoms with Crippen LogP contribution in [0.1, 0.15) is 17.9 Å². The molecule has 1 heterocycles. The lowest BCUT2D eigenvalue weighted by molar-refractivity contribution is -0.133. The van der Waals surface area contributed by atoms with Crippen molar-refractivity contribution in [3.05, 3.63) is 29.7 Å². The lowest BCUT2D eigenvalue weighted by Crippen LogP contribution is -2.32. The Hall–Kier alpha value is -1.62. The number of aryl methyl sites for hydroxylation is 1. The molecule has 17 heavy (non-hydrogen) atoms. The molecule has 5 heteroatoms. The number of hydrogen-bond donors (Lipinski definition) is 1. The van der Waals surface area contributed by atoms with Crippen LogP contribution in [0.4, 0.5) is 0 Å². The molecular weight excluding hydrogens is 218 g/mol. The van der Waals surface area contributed by atoms with Gasteiger partial charge in [-0.1, -0.05) is 17.3 Å². The van der Waals surface area contributed by atoms with Gasteiger partial charge in [0.25, 0.3) is 0 Å². The first-order valence-electron chi connectivity index (χ1n) is 5.67. The maximum absolute atomic E-state index is 12.1. The minimum atomic E-state index is -0.0944. The number of carbonyl (C=O) groups excluding carboxylic acids is 1. The summed E-state index contributed by atoms with van der Waals surface area (Å²) in [5, 5.41) is 3.87. The van der Waals surface area contributed by atoms with Crippen LogP contribution in [-0.2, 0) is 11.3 Å². The van der Waals surface area contributed by atoms with E-state index in [0.29, 0.717) is 13.0 Å². The second-order valence-electron chi connectivity index (χ2n) is 4.51. The molecule has 0 saturated heterocycles. The molecule has 0 fully saturated rings. The first-order valence-corrected chi connectivity index (χ1v) is 5.67. The normalized spacial score (nSPS) is 23.0. The largest absolute Gasteiger partial charge is 0.361 e. The van der Waals surface area contributed by atoms with Crippen molar-refractivity contribution in [3.8, 4) is 0 Å². The molecule has 0 radical (unpaired) electrons. The average Bonchev–Trinajstić information content (AvgIpc) is 2.87. The highest BCUT2D eigenvalue weighted by Gasteiger charge is 2.25. The van der Waals surface area contributed by atoms with Crippen LogP contribution in [0.2, 0.25) is 0 Å². The third-order valence-electron chi connectivity index (χ3n) is 2.89. The van der Waals surface area contributed by atoms with Crippen molar-refractivity contribution < 1.29 is 9.32 Å². The summed E-state index contributed by atoms with van der Waals surface area (Å²) < 4.78 is 4.97. The first kappa shape index (κ1) is 11.9. The van der Waals surface area contributed by atoms with Crippen LogP contribution < -0.4 is 5.73 Å². The average molecular weight is 235 g/mol. The predicted molar refractivity (Wildman–Crippen MR) is 62.9 cm³/mol. The number of rotatable bonds is 3. The number of carbonyl (C=O) groups is 1. The number of nitrogens with zero attached hydrogens (tertiary/aromatic N) is 2. The lowest BCUT2D eigenvalue weighted by Gasteiger charge is -2.19. The van der Waals surface area contributed by atoms with Crippen molar-refractivity contribution in [2.45, 2.75) is 25.9 Å². The summed E-state index contributed by atoms with van der Waals surface area (Å²) in [4.78, 5) is 13.7. The zero-order chi connectivity index (χ0) is 12.4. The summed E-state index contributed by atoms with van der Waals surface area (Å²) in [6.45, 7) is 2.30. The Bertz CT molecular complexity index is 439. The van der Waals surface area contributed by atoms with Crippen molar-refractivity contribution >= 4 is 5.91 Å². The van der Waals surface area contributed by atoms with E-state index in [1.54, 1.807) is 11.9 Å². The highest BCUT2D eigenvalue weighted by molar-refractivity contribution is 5.80. The molecule has 1 aromatic rings. The Kier molecular flexibility index (Phi) is 3.28. The van der Waals surface area contributed by atoms with Crippen molar-refractivity contribution in [2.75, 3.05) is 7.05 Å². The van der Waals surface area contributed by atoms with Crippen LogP contribution >= 0.6 is 0 Å². The summed E-state index contributed by atoms with van der Waals surface area (Å²) in [6, 6.07) is 1.84. The summed E-state index contributed by atoms with van der Waals surface area (Å²) >= 11 is 0. The van der Waals surface area contributed by atoms with E-state index in [0.717, 1.165) is 11.5 Å². The number of aromatic nitrogens is 1. The monoisotopic (exact) mass is 235 g/mol. The summed E-state index contributed by atoms with van der Waals surface area (Å²) in [5.74, 6) is 0.737. The second kappa shape index (κ2) is 4.71. The molecule has 1 amide bonds. The van der Waals surface area contributed by atoms with Gasteiger partial charge in [0.2, 0.25) is 5.91 Å². The molecule has 2 rings (SSSR count). The van der Waals surface area contributed by atoms with Gasteiger partial charge in [-0.25, -0.2) is 0 Å². The van der Waals surface area contributed by atoms with E-state index < -0.39 is 0 Å². The molecule has 0 bridgehead atoms. The van der Waals surface area contributed by atoms with Gasteiger partial charge in [-0.2, -0.15) is 0 Å². The van der Waals surface area contributed by atoms with Crippen LogP contribution in [0.15, 0.2) is 22.7 Å². The third-order valence-corrected chi connectivity index (χ3v) is 2.89. The molecule has 5 nitrogen and oxygen atoms in total. The third kappa shape index (κ3) is 2.74. The lowest BCUT2D eigenvalue weighted by atomic mass is 10.1. The Morgan fingerprint density at radius 3 is 2.94 bits per heavy atom. The molecule has 1 aliphatic rings. The van der Waals surface area contributed by atoms with Gasteiger partial charge < -0.3 is 15.2 Å². The van der Waals surface area contributed by atoms with E-state index >= 15 is 0 Å². The molecule has 1 aromatic heterocycles. The Balaban J connectivity index is 1.94. The first-order chi connectivity index (χ1) is 8.06.